The highest BCUT2D eigenvalue weighted by Gasteiger charge is 2.34. The van der Waals surface area contributed by atoms with Crippen molar-refractivity contribution in [2.45, 2.75) is 56.5 Å². The molecule has 118 valence electrons. The molecule has 1 aromatic rings. The third kappa shape index (κ3) is 3.77. The lowest BCUT2D eigenvalue weighted by Crippen LogP contribution is -2.43. The fourth-order valence-electron chi connectivity index (χ4n) is 3.00. The van der Waals surface area contributed by atoms with Gasteiger partial charge in [-0.2, -0.15) is 0 Å². The first-order chi connectivity index (χ1) is 9.77. The first kappa shape index (κ1) is 16.7. The molecule has 1 aliphatic rings. The number of halogens is 1. The van der Waals surface area contributed by atoms with Crippen LogP contribution in [0.3, 0.4) is 0 Å². The summed E-state index contributed by atoms with van der Waals surface area (Å²) in [6, 6.07) is 3.35. The van der Waals surface area contributed by atoms with Crippen LogP contribution in [0.5, 0.6) is 0 Å². The zero-order valence-corrected chi connectivity index (χ0v) is 14.4. The van der Waals surface area contributed by atoms with E-state index in [0.29, 0.717) is 11.6 Å². The van der Waals surface area contributed by atoms with Gasteiger partial charge in [-0.3, -0.25) is 0 Å². The van der Waals surface area contributed by atoms with Gasteiger partial charge in [0, 0.05) is 17.1 Å². The van der Waals surface area contributed by atoms with E-state index in [1.807, 2.05) is 27.0 Å². The lowest BCUT2D eigenvalue weighted by atomic mass is 10.0. The van der Waals surface area contributed by atoms with Crippen molar-refractivity contribution < 1.29 is 8.42 Å². The van der Waals surface area contributed by atoms with E-state index in [1.54, 1.807) is 0 Å². The Balaban J connectivity index is 2.39. The van der Waals surface area contributed by atoms with E-state index in [0.717, 1.165) is 36.8 Å². The van der Waals surface area contributed by atoms with Crippen molar-refractivity contribution in [3.8, 4) is 0 Å². The summed E-state index contributed by atoms with van der Waals surface area (Å²) >= 11 is 6.10. The van der Waals surface area contributed by atoms with Crippen LogP contribution in [-0.4, -0.2) is 21.0 Å². The average molecular weight is 331 g/mol. The highest BCUT2D eigenvalue weighted by Crippen LogP contribution is 2.32. The van der Waals surface area contributed by atoms with Crippen molar-refractivity contribution in [1.29, 1.82) is 0 Å². The molecular formula is C15H23ClN2O2S. The summed E-state index contributed by atoms with van der Waals surface area (Å²) in [4.78, 5) is 0.286. The first-order valence-electron chi connectivity index (χ1n) is 7.25. The van der Waals surface area contributed by atoms with Gasteiger partial charge in [0.15, 0.2) is 0 Å². The largest absolute Gasteiger partial charge is 0.316 e. The number of nitrogens with one attached hydrogen (secondary N) is 2. The van der Waals surface area contributed by atoms with Crippen LogP contribution in [0.4, 0.5) is 0 Å². The fraction of sp³-hybridized carbons (Fsp3) is 0.600. The minimum atomic E-state index is -3.56. The van der Waals surface area contributed by atoms with Gasteiger partial charge in [0.25, 0.3) is 0 Å². The molecule has 0 radical (unpaired) electrons. The minimum Gasteiger partial charge on any atom is -0.316 e. The summed E-state index contributed by atoms with van der Waals surface area (Å²) in [6.07, 6.45) is 3.90. The molecule has 0 amide bonds. The van der Waals surface area contributed by atoms with Gasteiger partial charge < -0.3 is 5.32 Å². The molecule has 4 nitrogen and oxygen atoms in total. The molecular weight excluding hydrogens is 308 g/mol. The van der Waals surface area contributed by atoms with E-state index in [-0.39, 0.29) is 10.4 Å². The molecule has 1 fully saturated rings. The molecule has 0 heterocycles. The molecule has 1 aromatic carbocycles. The van der Waals surface area contributed by atoms with Crippen molar-refractivity contribution in [2.24, 2.45) is 0 Å². The normalized spacial score (nSPS) is 18.1. The molecule has 6 heteroatoms. The van der Waals surface area contributed by atoms with Crippen molar-refractivity contribution >= 4 is 21.6 Å². The monoisotopic (exact) mass is 330 g/mol. The molecule has 2 rings (SSSR count). The van der Waals surface area contributed by atoms with Gasteiger partial charge in [-0.05, 0) is 57.0 Å². The minimum absolute atomic E-state index is 0.286. The summed E-state index contributed by atoms with van der Waals surface area (Å²) in [5.41, 5.74) is 1.32. The highest BCUT2D eigenvalue weighted by atomic mass is 35.5. The Labute approximate surface area is 132 Å². The van der Waals surface area contributed by atoms with Crippen LogP contribution in [0.1, 0.15) is 43.7 Å². The van der Waals surface area contributed by atoms with Gasteiger partial charge >= 0.3 is 0 Å². The fourth-order valence-corrected chi connectivity index (χ4v) is 5.08. The Kier molecular flexibility index (Phi) is 4.98. The molecule has 0 atom stereocenters. The Hall–Kier alpha value is -0.620. The topological polar surface area (TPSA) is 58.2 Å². The maximum atomic E-state index is 12.7. The second-order valence-corrected chi connectivity index (χ2v) is 8.18. The van der Waals surface area contributed by atoms with E-state index >= 15 is 0 Å². The Morgan fingerprint density at radius 3 is 2.48 bits per heavy atom. The molecule has 0 unspecified atom stereocenters. The maximum absolute atomic E-state index is 12.7. The molecule has 0 aliphatic heterocycles. The predicted molar refractivity (Wildman–Crippen MR) is 86.1 cm³/mol. The van der Waals surface area contributed by atoms with E-state index in [2.05, 4.69) is 10.0 Å². The van der Waals surface area contributed by atoms with Gasteiger partial charge in [0.2, 0.25) is 10.0 Å². The SMILES string of the molecule is CNCc1cc(Cl)cc(S(=O)(=O)NC2(C)CCCC2)c1C. The van der Waals surface area contributed by atoms with Crippen LogP contribution >= 0.6 is 11.6 Å². The number of hydrogen-bond donors (Lipinski definition) is 2. The zero-order chi connectivity index (χ0) is 15.7. The third-order valence-corrected chi connectivity index (χ3v) is 6.16. The standard InChI is InChI=1S/C15H23ClN2O2S/c1-11-12(10-17-3)8-13(16)9-14(11)21(19,20)18-15(2)6-4-5-7-15/h8-9,17-18H,4-7,10H2,1-3H3. The highest BCUT2D eigenvalue weighted by molar-refractivity contribution is 7.89. The van der Waals surface area contributed by atoms with Gasteiger partial charge in [-0.15, -0.1) is 0 Å². The van der Waals surface area contributed by atoms with Crippen molar-refractivity contribution in [2.75, 3.05) is 7.05 Å². The van der Waals surface area contributed by atoms with E-state index in [4.69, 9.17) is 11.6 Å². The Bertz CT molecular complexity index is 623. The first-order valence-corrected chi connectivity index (χ1v) is 9.11. The van der Waals surface area contributed by atoms with E-state index < -0.39 is 10.0 Å². The molecule has 1 aliphatic carbocycles. The van der Waals surface area contributed by atoms with E-state index in [1.165, 1.54) is 6.07 Å². The van der Waals surface area contributed by atoms with Gasteiger partial charge in [-0.1, -0.05) is 24.4 Å². The third-order valence-electron chi connectivity index (χ3n) is 4.18. The van der Waals surface area contributed by atoms with Gasteiger partial charge in [0.1, 0.15) is 0 Å². The van der Waals surface area contributed by atoms with Crippen molar-refractivity contribution in [3.63, 3.8) is 0 Å². The number of hydrogen-bond acceptors (Lipinski definition) is 3. The molecule has 21 heavy (non-hydrogen) atoms. The Morgan fingerprint density at radius 1 is 1.29 bits per heavy atom. The van der Waals surface area contributed by atoms with Crippen LogP contribution in [0, 0.1) is 6.92 Å². The lowest BCUT2D eigenvalue weighted by molar-refractivity contribution is 0.427. The smallest absolute Gasteiger partial charge is 0.241 e. The van der Waals surface area contributed by atoms with Crippen LogP contribution in [-0.2, 0) is 16.6 Å². The van der Waals surface area contributed by atoms with Gasteiger partial charge in [0.05, 0.1) is 4.90 Å². The predicted octanol–water partition coefficient (Wildman–Crippen LogP) is 2.98. The molecule has 0 aromatic heterocycles. The summed E-state index contributed by atoms with van der Waals surface area (Å²) in [5.74, 6) is 0. The van der Waals surface area contributed by atoms with Crippen LogP contribution in [0.2, 0.25) is 5.02 Å². The molecule has 0 spiro atoms. The second kappa shape index (κ2) is 6.24. The number of sulfonamides is 1. The number of rotatable bonds is 5. The Morgan fingerprint density at radius 2 is 1.90 bits per heavy atom. The summed E-state index contributed by atoms with van der Waals surface area (Å²) in [6.45, 7) is 4.40. The molecule has 1 saturated carbocycles. The average Bonchev–Trinajstić information content (AvgIpc) is 2.79. The lowest BCUT2D eigenvalue weighted by Gasteiger charge is -2.26. The van der Waals surface area contributed by atoms with Gasteiger partial charge in [-0.25, -0.2) is 13.1 Å². The maximum Gasteiger partial charge on any atom is 0.241 e. The molecule has 0 saturated heterocycles. The molecule has 2 N–H and O–H groups in total. The van der Waals surface area contributed by atoms with Crippen molar-refractivity contribution in [1.82, 2.24) is 10.0 Å². The second-order valence-electron chi connectivity index (χ2n) is 6.09. The van der Waals surface area contributed by atoms with Crippen LogP contribution in [0.15, 0.2) is 17.0 Å². The van der Waals surface area contributed by atoms with Crippen LogP contribution < -0.4 is 10.0 Å². The summed E-state index contributed by atoms with van der Waals surface area (Å²) < 4.78 is 28.3. The quantitative estimate of drug-likeness (QED) is 0.872. The number of benzene rings is 1. The summed E-state index contributed by atoms with van der Waals surface area (Å²) in [5, 5.41) is 3.48. The zero-order valence-electron chi connectivity index (χ0n) is 12.8. The van der Waals surface area contributed by atoms with Crippen molar-refractivity contribution in [3.05, 3.63) is 28.3 Å². The molecule has 0 bridgehead atoms. The summed E-state index contributed by atoms with van der Waals surface area (Å²) in [7, 11) is -1.73. The van der Waals surface area contributed by atoms with E-state index in [9.17, 15) is 8.42 Å². The van der Waals surface area contributed by atoms with Crippen LogP contribution in [0.25, 0.3) is 0 Å².